The molecule has 2 aromatic heterocycles. The van der Waals surface area contributed by atoms with Crippen LogP contribution in [0.4, 0.5) is 0 Å². The molecule has 0 N–H and O–H groups in total. The van der Waals surface area contributed by atoms with Gasteiger partial charge in [-0.25, -0.2) is 29.9 Å². The zero-order chi connectivity index (χ0) is 44.6. The van der Waals surface area contributed by atoms with Gasteiger partial charge in [-0.15, -0.1) is 0 Å². The van der Waals surface area contributed by atoms with Crippen LogP contribution in [0.25, 0.3) is 90.6 Å². The molecule has 0 aliphatic heterocycles. The quantitative estimate of drug-likeness (QED) is 0.144. The fourth-order valence-electron chi connectivity index (χ4n) is 9.57. The summed E-state index contributed by atoms with van der Waals surface area (Å²) >= 11 is 0. The summed E-state index contributed by atoms with van der Waals surface area (Å²) in [4.78, 5) is 31.7. The van der Waals surface area contributed by atoms with Crippen molar-refractivity contribution in [3.8, 4) is 90.6 Å². The summed E-state index contributed by atoms with van der Waals surface area (Å²) in [6, 6.07) is 84.1. The Morgan fingerprint density at radius 2 is 0.522 bits per heavy atom. The number of hydrogen-bond donors (Lipinski definition) is 0. The van der Waals surface area contributed by atoms with Crippen LogP contribution in [0.3, 0.4) is 0 Å². The van der Waals surface area contributed by atoms with Crippen LogP contribution < -0.4 is 0 Å². The lowest BCUT2D eigenvalue weighted by molar-refractivity contribution is 0.768. The van der Waals surface area contributed by atoms with Crippen LogP contribution in [0.1, 0.15) is 22.3 Å². The van der Waals surface area contributed by atoms with E-state index in [-0.39, 0.29) is 0 Å². The maximum absolute atomic E-state index is 5.39. The van der Waals surface area contributed by atoms with Crippen molar-refractivity contribution in [1.82, 2.24) is 29.9 Å². The number of hydrogen-bond acceptors (Lipinski definition) is 6. The van der Waals surface area contributed by atoms with Crippen LogP contribution in [-0.2, 0) is 5.41 Å². The summed E-state index contributed by atoms with van der Waals surface area (Å²) in [5, 5.41) is 0. The standard InChI is InChI=1S/C61H40N6/c1-7-21-41(22-8-1)42-35-37-46(38-36-42)58-63-57(45-27-13-4-14-28-45)64-59(67-58)51-39-50-49-33-19-20-34-53(49)61(47-29-15-5-16-30-47,48-31-17-6-18-32-48)54(50)40-52(51)60-65-55(43-23-9-2-10-24-43)62-56(66-60)44-25-11-3-12-26-44/h1-40H. The molecule has 11 aromatic rings. The molecule has 6 nitrogen and oxygen atoms in total. The minimum absolute atomic E-state index is 0.506. The zero-order valence-corrected chi connectivity index (χ0v) is 36.3. The van der Waals surface area contributed by atoms with Crippen molar-refractivity contribution in [2.45, 2.75) is 5.41 Å². The number of benzene rings is 9. The van der Waals surface area contributed by atoms with Gasteiger partial charge >= 0.3 is 0 Å². The predicted molar refractivity (Wildman–Crippen MR) is 269 cm³/mol. The van der Waals surface area contributed by atoms with Gasteiger partial charge in [0.05, 0.1) is 5.41 Å². The molecule has 1 aliphatic carbocycles. The Hall–Kier alpha value is -9.00. The highest BCUT2D eigenvalue weighted by atomic mass is 15.1. The first-order chi connectivity index (χ1) is 33.2. The molecule has 0 amide bonds. The third-order valence-electron chi connectivity index (χ3n) is 12.7. The second kappa shape index (κ2) is 16.8. The molecule has 0 saturated heterocycles. The van der Waals surface area contributed by atoms with Crippen LogP contribution in [0.15, 0.2) is 243 Å². The van der Waals surface area contributed by atoms with E-state index >= 15 is 0 Å². The summed E-state index contributed by atoms with van der Waals surface area (Å²) in [5.74, 6) is 3.27. The Morgan fingerprint density at radius 1 is 0.209 bits per heavy atom. The summed E-state index contributed by atoms with van der Waals surface area (Å²) < 4.78 is 0. The van der Waals surface area contributed by atoms with Crippen molar-refractivity contribution in [2.24, 2.45) is 0 Å². The van der Waals surface area contributed by atoms with Gasteiger partial charge in [0.2, 0.25) is 0 Å². The third kappa shape index (κ3) is 7.09. The molecule has 9 aromatic carbocycles. The second-order valence-corrected chi connectivity index (χ2v) is 16.6. The molecule has 0 fully saturated rings. The Labute approximate surface area is 389 Å². The largest absolute Gasteiger partial charge is 0.208 e. The second-order valence-electron chi connectivity index (χ2n) is 16.6. The van der Waals surface area contributed by atoms with Crippen LogP contribution in [0.5, 0.6) is 0 Å². The normalized spacial score (nSPS) is 12.3. The van der Waals surface area contributed by atoms with E-state index in [1.807, 2.05) is 97.1 Å². The highest BCUT2D eigenvalue weighted by Crippen LogP contribution is 2.57. The van der Waals surface area contributed by atoms with Gasteiger partial charge in [-0.1, -0.05) is 231 Å². The van der Waals surface area contributed by atoms with Crippen LogP contribution >= 0.6 is 0 Å². The van der Waals surface area contributed by atoms with E-state index in [2.05, 4.69) is 146 Å². The lowest BCUT2D eigenvalue weighted by Gasteiger charge is -2.34. The summed E-state index contributed by atoms with van der Waals surface area (Å²) in [6.07, 6.45) is 0. The van der Waals surface area contributed by atoms with Crippen LogP contribution in [-0.4, -0.2) is 29.9 Å². The lowest BCUT2D eigenvalue weighted by atomic mass is 9.67. The fourth-order valence-corrected chi connectivity index (χ4v) is 9.57. The molecule has 0 radical (unpaired) electrons. The Bertz CT molecular complexity index is 3430. The minimum atomic E-state index is -0.681. The molecule has 2 heterocycles. The van der Waals surface area contributed by atoms with Crippen molar-refractivity contribution in [3.05, 3.63) is 265 Å². The molecule has 0 atom stereocenters. The first kappa shape index (κ1) is 39.6. The number of aromatic nitrogens is 6. The van der Waals surface area contributed by atoms with Gasteiger partial charge in [0, 0.05) is 33.4 Å². The molecule has 0 unspecified atom stereocenters. The number of rotatable bonds is 9. The fraction of sp³-hybridized carbons (Fsp3) is 0.0164. The van der Waals surface area contributed by atoms with Gasteiger partial charge in [-0.2, -0.15) is 0 Å². The van der Waals surface area contributed by atoms with Crippen molar-refractivity contribution in [2.75, 3.05) is 0 Å². The van der Waals surface area contributed by atoms with E-state index < -0.39 is 5.41 Å². The Kier molecular flexibility index (Phi) is 9.95. The minimum Gasteiger partial charge on any atom is -0.208 e. The van der Waals surface area contributed by atoms with E-state index in [0.29, 0.717) is 34.9 Å². The smallest absolute Gasteiger partial charge is 0.164 e. The van der Waals surface area contributed by atoms with Gasteiger partial charge < -0.3 is 0 Å². The van der Waals surface area contributed by atoms with Crippen LogP contribution in [0, 0.1) is 0 Å². The average molecular weight is 857 g/mol. The highest BCUT2D eigenvalue weighted by molar-refractivity contribution is 5.93. The van der Waals surface area contributed by atoms with Crippen molar-refractivity contribution in [3.63, 3.8) is 0 Å². The van der Waals surface area contributed by atoms with Gasteiger partial charge in [-0.05, 0) is 56.6 Å². The van der Waals surface area contributed by atoms with Gasteiger partial charge in [-0.3, -0.25) is 0 Å². The molecule has 0 spiro atoms. The molecular formula is C61H40N6. The van der Waals surface area contributed by atoms with Gasteiger partial charge in [0.1, 0.15) is 0 Å². The summed E-state index contributed by atoms with van der Waals surface area (Å²) in [6.45, 7) is 0. The lowest BCUT2D eigenvalue weighted by Crippen LogP contribution is -2.28. The molecule has 6 heteroatoms. The predicted octanol–water partition coefficient (Wildman–Crippen LogP) is 14.1. The maximum atomic E-state index is 5.39. The van der Waals surface area contributed by atoms with Crippen LogP contribution in [0.2, 0.25) is 0 Å². The van der Waals surface area contributed by atoms with Gasteiger partial charge in [0.25, 0.3) is 0 Å². The average Bonchev–Trinajstić information content (AvgIpc) is 3.72. The maximum Gasteiger partial charge on any atom is 0.164 e. The first-order valence-electron chi connectivity index (χ1n) is 22.5. The summed E-state index contributed by atoms with van der Waals surface area (Å²) in [7, 11) is 0. The van der Waals surface area contributed by atoms with E-state index in [4.69, 9.17) is 29.9 Å². The molecular weight excluding hydrogens is 817 g/mol. The van der Waals surface area contributed by atoms with E-state index in [1.54, 1.807) is 0 Å². The van der Waals surface area contributed by atoms with Gasteiger partial charge in [0.15, 0.2) is 34.9 Å². The molecule has 12 rings (SSSR count). The van der Waals surface area contributed by atoms with E-state index in [1.165, 1.54) is 5.56 Å². The molecule has 314 valence electrons. The molecule has 0 bridgehead atoms. The van der Waals surface area contributed by atoms with E-state index in [9.17, 15) is 0 Å². The number of fused-ring (bicyclic) bond motifs is 3. The summed E-state index contributed by atoms with van der Waals surface area (Å²) in [5.41, 5.74) is 13.5. The monoisotopic (exact) mass is 856 g/mol. The number of nitrogens with zero attached hydrogens (tertiary/aromatic N) is 6. The topological polar surface area (TPSA) is 77.3 Å². The van der Waals surface area contributed by atoms with Crippen molar-refractivity contribution >= 4 is 0 Å². The van der Waals surface area contributed by atoms with E-state index in [0.717, 1.165) is 72.3 Å². The Balaban J connectivity index is 1.18. The third-order valence-corrected chi connectivity index (χ3v) is 12.7. The van der Waals surface area contributed by atoms with Crippen molar-refractivity contribution in [1.29, 1.82) is 0 Å². The molecule has 1 aliphatic rings. The Morgan fingerprint density at radius 3 is 0.970 bits per heavy atom. The SMILES string of the molecule is c1ccc(-c2ccc(-c3nc(-c4ccccc4)nc(-c4cc5c(cc4-c4nc(-c6ccccc6)nc(-c6ccccc6)n4)C(c4ccccc4)(c4ccccc4)c4ccccc4-5)n3)cc2)cc1. The van der Waals surface area contributed by atoms with Crippen molar-refractivity contribution < 1.29 is 0 Å². The highest BCUT2D eigenvalue weighted by Gasteiger charge is 2.47. The molecule has 0 saturated carbocycles. The first-order valence-corrected chi connectivity index (χ1v) is 22.5. The molecule has 67 heavy (non-hydrogen) atoms. The zero-order valence-electron chi connectivity index (χ0n) is 36.3.